The van der Waals surface area contributed by atoms with Crippen molar-refractivity contribution < 1.29 is 4.74 Å². The predicted octanol–water partition coefficient (Wildman–Crippen LogP) is 3.67. The summed E-state index contributed by atoms with van der Waals surface area (Å²) in [6, 6.07) is 6.04. The standard InChI is InChI=1S/C9H8Br2O/c10-6-2-1-3-8-9(6)7(11)4-5-12-8/h1-3,7H,4-5H2. The molecule has 0 radical (unpaired) electrons. The van der Waals surface area contributed by atoms with Gasteiger partial charge in [-0.25, -0.2) is 0 Å². The number of hydrogen-bond acceptors (Lipinski definition) is 1. The second-order valence-electron chi connectivity index (χ2n) is 2.76. The van der Waals surface area contributed by atoms with E-state index in [4.69, 9.17) is 4.74 Å². The molecule has 0 fully saturated rings. The van der Waals surface area contributed by atoms with Gasteiger partial charge in [-0.15, -0.1) is 0 Å². The fourth-order valence-electron chi connectivity index (χ4n) is 1.36. The van der Waals surface area contributed by atoms with Crippen molar-refractivity contribution in [2.24, 2.45) is 0 Å². The minimum absolute atomic E-state index is 0.428. The first kappa shape index (κ1) is 8.57. The Labute approximate surface area is 88.4 Å². The molecule has 3 heteroatoms. The second-order valence-corrected chi connectivity index (χ2v) is 4.72. The van der Waals surface area contributed by atoms with Crippen LogP contribution in [0, 0.1) is 0 Å². The minimum atomic E-state index is 0.428. The first-order chi connectivity index (χ1) is 5.79. The number of alkyl halides is 1. The number of fused-ring (bicyclic) bond motifs is 1. The zero-order valence-electron chi connectivity index (χ0n) is 6.39. The SMILES string of the molecule is Brc1cccc2c1C(Br)CCO2. The summed E-state index contributed by atoms with van der Waals surface area (Å²) in [5, 5.41) is 0. The lowest BCUT2D eigenvalue weighted by Crippen LogP contribution is -2.10. The van der Waals surface area contributed by atoms with E-state index in [1.165, 1.54) is 5.56 Å². The monoisotopic (exact) mass is 290 g/mol. The molecule has 0 bridgehead atoms. The number of rotatable bonds is 0. The molecule has 0 spiro atoms. The summed E-state index contributed by atoms with van der Waals surface area (Å²) >= 11 is 7.14. The summed E-state index contributed by atoms with van der Waals surface area (Å²) in [6.45, 7) is 0.805. The van der Waals surface area contributed by atoms with Crippen molar-refractivity contribution in [1.29, 1.82) is 0 Å². The lowest BCUT2D eigenvalue weighted by Gasteiger charge is -2.22. The Hall–Kier alpha value is -0.0200. The first-order valence-electron chi connectivity index (χ1n) is 3.84. The summed E-state index contributed by atoms with van der Waals surface area (Å²) < 4.78 is 6.64. The molecule has 1 unspecified atom stereocenters. The van der Waals surface area contributed by atoms with E-state index in [0.717, 1.165) is 23.2 Å². The quantitative estimate of drug-likeness (QED) is 0.663. The summed E-state index contributed by atoms with van der Waals surface area (Å²) in [6.07, 6.45) is 1.04. The number of ether oxygens (including phenoxy) is 1. The van der Waals surface area contributed by atoms with Crippen LogP contribution in [-0.2, 0) is 0 Å². The van der Waals surface area contributed by atoms with Gasteiger partial charge in [-0.2, -0.15) is 0 Å². The molecular formula is C9H8Br2O. The molecule has 0 saturated carbocycles. The summed E-state index contributed by atoms with van der Waals surface area (Å²) in [5.74, 6) is 0.998. The van der Waals surface area contributed by atoms with E-state index in [0.29, 0.717) is 4.83 Å². The average molecular weight is 292 g/mol. The van der Waals surface area contributed by atoms with Gasteiger partial charge in [0.15, 0.2) is 0 Å². The van der Waals surface area contributed by atoms with E-state index in [9.17, 15) is 0 Å². The van der Waals surface area contributed by atoms with Gasteiger partial charge in [-0.1, -0.05) is 37.9 Å². The van der Waals surface area contributed by atoms with Crippen LogP contribution in [0.2, 0.25) is 0 Å². The van der Waals surface area contributed by atoms with Gasteiger partial charge in [0.25, 0.3) is 0 Å². The fourth-order valence-corrected chi connectivity index (χ4v) is 2.95. The van der Waals surface area contributed by atoms with Crippen LogP contribution in [0.25, 0.3) is 0 Å². The molecule has 1 atom stereocenters. The number of hydrogen-bond donors (Lipinski definition) is 0. The topological polar surface area (TPSA) is 9.23 Å². The highest BCUT2D eigenvalue weighted by molar-refractivity contribution is 9.11. The molecule has 64 valence electrons. The Morgan fingerprint density at radius 1 is 1.42 bits per heavy atom. The molecule has 1 heterocycles. The van der Waals surface area contributed by atoms with Crippen LogP contribution in [0.1, 0.15) is 16.8 Å². The van der Waals surface area contributed by atoms with Gasteiger partial charge in [0.05, 0.1) is 6.61 Å². The molecule has 0 saturated heterocycles. The lowest BCUT2D eigenvalue weighted by molar-refractivity contribution is 0.287. The third-order valence-electron chi connectivity index (χ3n) is 1.96. The second kappa shape index (κ2) is 3.38. The Balaban J connectivity index is 2.53. The molecule has 0 amide bonds. The van der Waals surface area contributed by atoms with Crippen LogP contribution in [0.3, 0.4) is 0 Å². The smallest absolute Gasteiger partial charge is 0.124 e. The van der Waals surface area contributed by atoms with E-state index in [2.05, 4.69) is 31.9 Å². The molecule has 1 nitrogen and oxygen atoms in total. The van der Waals surface area contributed by atoms with Crippen molar-refractivity contribution in [2.45, 2.75) is 11.2 Å². The van der Waals surface area contributed by atoms with Crippen LogP contribution in [-0.4, -0.2) is 6.61 Å². The molecule has 0 aliphatic carbocycles. The van der Waals surface area contributed by atoms with Crippen LogP contribution < -0.4 is 4.74 Å². The van der Waals surface area contributed by atoms with Crippen molar-refractivity contribution in [2.75, 3.05) is 6.61 Å². The molecule has 12 heavy (non-hydrogen) atoms. The molecule has 1 aliphatic rings. The Kier molecular flexibility index (Phi) is 2.42. The number of halogens is 2. The minimum Gasteiger partial charge on any atom is -0.493 e. The van der Waals surface area contributed by atoms with Crippen LogP contribution >= 0.6 is 31.9 Å². The van der Waals surface area contributed by atoms with E-state index in [-0.39, 0.29) is 0 Å². The van der Waals surface area contributed by atoms with Crippen molar-refractivity contribution in [3.63, 3.8) is 0 Å². The molecule has 1 aromatic carbocycles. The maximum absolute atomic E-state index is 5.51. The first-order valence-corrected chi connectivity index (χ1v) is 5.55. The molecule has 1 aliphatic heterocycles. The highest BCUT2D eigenvalue weighted by Crippen LogP contribution is 2.41. The van der Waals surface area contributed by atoms with Gasteiger partial charge in [-0.05, 0) is 18.6 Å². The van der Waals surface area contributed by atoms with E-state index in [1.54, 1.807) is 0 Å². The number of benzene rings is 1. The highest BCUT2D eigenvalue weighted by atomic mass is 79.9. The third-order valence-corrected chi connectivity index (χ3v) is 3.56. The molecular weight excluding hydrogens is 284 g/mol. The highest BCUT2D eigenvalue weighted by Gasteiger charge is 2.20. The van der Waals surface area contributed by atoms with Crippen molar-refractivity contribution in [3.05, 3.63) is 28.2 Å². The average Bonchev–Trinajstić information content (AvgIpc) is 2.04. The van der Waals surface area contributed by atoms with E-state index in [1.807, 2.05) is 18.2 Å². The predicted molar refractivity (Wildman–Crippen MR) is 55.9 cm³/mol. The normalized spacial score (nSPS) is 21.3. The van der Waals surface area contributed by atoms with Crippen LogP contribution in [0.4, 0.5) is 0 Å². The van der Waals surface area contributed by atoms with E-state index >= 15 is 0 Å². The summed E-state index contributed by atoms with van der Waals surface area (Å²) in [4.78, 5) is 0.428. The van der Waals surface area contributed by atoms with E-state index < -0.39 is 0 Å². The van der Waals surface area contributed by atoms with Gasteiger partial charge in [0.1, 0.15) is 5.75 Å². The van der Waals surface area contributed by atoms with Crippen molar-refractivity contribution >= 4 is 31.9 Å². The zero-order chi connectivity index (χ0) is 8.55. The Bertz CT molecular complexity index is 299. The van der Waals surface area contributed by atoms with Gasteiger partial charge in [0, 0.05) is 14.9 Å². The summed E-state index contributed by atoms with van der Waals surface area (Å²) in [7, 11) is 0. The Morgan fingerprint density at radius 3 is 3.00 bits per heavy atom. The largest absolute Gasteiger partial charge is 0.493 e. The maximum Gasteiger partial charge on any atom is 0.124 e. The van der Waals surface area contributed by atoms with Crippen molar-refractivity contribution in [3.8, 4) is 5.75 Å². The summed E-state index contributed by atoms with van der Waals surface area (Å²) in [5.41, 5.74) is 1.24. The van der Waals surface area contributed by atoms with Gasteiger partial charge < -0.3 is 4.74 Å². The van der Waals surface area contributed by atoms with Gasteiger partial charge in [0.2, 0.25) is 0 Å². The van der Waals surface area contributed by atoms with Gasteiger partial charge in [-0.3, -0.25) is 0 Å². The lowest BCUT2D eigenvalue weighted by atomic mass is 10.1. The zero-order valence-corrected chi connectivity index (χ0v) is 9.56. The maximum atomic E-state index is 5.51. The van der Waals surface area contributed by atoms with Crippen LogP contribution in [0.15, 0.2) is 22.7 Å². The molecule has 2 rings (SSSR count). The fraction of sp³-hybridized carbons (Fsp3) is 0.333. The Morgan fingerprint density at radius 2 is 2.25 bits per heavy atom. The molecule has 0 N–H and O–H groups in total. The van der Waals surface area contributed by atoms with Crippen LogP contribution in [0.5, 0.6) is 5.75 Å². The van der Waals surface area contributed by atoms with Crippen molar-refractivity contribution in [1.82, 2.24) is 0 Å². The molecule has 0 aromatic heterocycles. The molecule has 1 aromatic rings. The van der Waals surface area contributed by atoms with Gasteiger partial charge >= 0.3 is 0 Å². The third kappa shape index (κ3) is 1.40.